The monoisotopic (exact) mass is 321 g/mol. The van der Waals surface area contributed by atoms with Gasteiger partial charge < -0.3 is 0 Å². The summed E-state index contributed by atoms with van der Waals surface area (Å²) in [6.45, 7) is 2.01. The third-order valence-electron chi connectivity index (χ3n) is 4.14. The van der Waals surface area contributed by atoms with Crippen LogP contribution in [-0.2, 0) is 10.0 Å². The topological polar surface area (TPSA) is 39.1 Å². The minimum Gasteiger partial charge on any atom is -0.233 e. The predicted octanol–water partition coefficient (Wildman–Crippen LogP) is 4.34. The van der Waals surface area contributed by atoms with Gasteiger partial charge in [-0.15, -0.1) is 0 Å². The van der Waals surface area contributed by atoms with Crippen molar-refractivity contribution in [1.29, 1.82) is 0 Å². The van der Waals surface area contributed by atoms with Crippen molar-refractivity contribution in [1.82, 2.24) is 3.97 Å². The minimum absolute atomic E-state index is 0.296. The Morgan fingerprint density at radius 1 is 0.739 bits per heavy atom. The highest BCUT2D eigenvalue weighted by atomic mass is 32.2. The molecule has 0 aliphatic carbocycles. The lowest BCUT2D eigenvalue weighted by Crippen LogP contribution is -2.12. The molecule has 23 heavy (non-hydrogen) atoms. The van der Waals surface area contributed by atoms with Gasteiger partial charge in [0.1, 0.15) is 0 Å². The van der Waals surface area contributed by atoms with E-state index < -0.39 is 10.0 Å². The normalized spacial score (nSPS) is 12.0. The van der Waals surface area contributed by atoms with E-state index in [-0.39, 0.29) is 0 Å². The molecule has 0 saturated carbocycles. The van der Waals surface area contributed by atoms with Crippen LogP contribution in [0.4, 0.5) is 0 Å². The highest BCUT2D eigenvalue weighted by Crippen LogP contribution is 2.34. The largest absolute Gasteiger partial charge is 0.268 e. The van der Waals surface area contributed by atoms with Gasteiger partial charge in [0.05, 0.1) is 15.9 Å². The Kier molecular flexibility index (Phi) is 3.03. The second-order valence-electron chi connectivity index (χ2n) is 5.57. The van der Waals surface area contributed by atoms with Crippen LogP contribution in [-0.4, -0.2) is 12.4 Å². The molecule has 0 spiro atoms. The number of aromatic nitrogens is 1. The maximum Gasteiger partial charge on any atom is 0.268 e. The standard InChI is InChI=1S/C19H15NO2S/c1-14-8-7-13-18-19(14)16-11-5-6-12-17(16)20(18)23(21,22)15-9-3-2-4-10-15/h2-13H,1H3. The third-order valence-corrected chi connectivity index (χ3v) is 5.89. The molecular formula is C19H15NO2S. The van der Waals surface area contributed by atoms with Gasteiger partial charge >= 0.3 is 0 Å². The van der Waals surface area contributed by atoms with Crippen LogP contribution in [0.1, 0.15) is 5.56 Å². The van der Waals surface area contributed by atoms with E-state index in [2.05, 4.69) is 0 Å². The molecule has 114 valence electrons. The lowest BCUT2D eigenvalue weighted by Gasteiger charge is -2.09. The first-order valence-electron chi connectivity index (χ1n) is 7.40. The van der Waals surface area contributed by atoms with Gasteiger partial charge in [-0.3, -0.25) is 0 Å². The smallest absolute Gasteiger partial charge is 0.233 e. The number of hydrogen-bond donors (Lipinski definition) is 0. The molecule has 0 atom stereocenters. The van der Waals surface area contributed by atoms with Crippen molar-refractivity contribution in [2.75, 3.05) is 0 Å². The van der Waals surface area contributed by atoms with E-state index >= 15 is 0 Å². The first-order valence-corrected chi connectivity index (χ1v) is 8.84. The van der Waals surface area contributed by atoms with E-state index in [4.69, 9.17) is 0 Å². The molecule has 0 N–H and O–H groups in total. The molecule has 3 aromatic carbocycles. The molecule has 4 aromatic rings. The Balaban J connectivity index is 2.21. The van der Waals surface area contributed by atoms with Crippen molar-refractivity contribution in [2.45, 2.75) is 11.8 Å². The SMILES string of the molecule is Cc1cccc2c1c1ccccc1n2S(=O)(=O)c1ccccc1. The summed E-state index contributed by atoms with van der Waals surface area (Å²) in [5, 5.41) is 1.95. The van der Waals surface area contributed by atoms with Crippen molar-refractivity contribution in [3.8, 4) is 0 Å². The number of aryl methyl sites for hydroxylation is 1. The quantitative estimate of drug-likeness (QED) is 0.551. The molecule has 3 nitrogen and oxygen atoms in total. The fourth-order valence-electron chi connectivity index (χ4n) is 3.12. The van der Waals surface area contributed by atoms with Gasteiger partial charge in [0, 0.05) is 10.8 Å². The molecular weight excluding hydrogens is 306 g/mol. The molecule has 1 heterocycles. The highest BCUT2D eigenvalue weighted by molar-refractivity contribution is 7.90. The molecule has 0 unspecified atom stereocenters. The lowest BCUT2D eigenvalue weighted by molar-refractivity contribution is 0.590. The third kappa shape index (κ3) is 1.99. The summed E-state index contributed by atoms with van der Waals surface area (Å²) >= 11 is 0. The van der Waals surface area contributed by atoms with Crippen LogP contribution in [0.3, 0.4) is 0 Å². The van der Waals surface area contributed by atoms with Crippen LogP contribution in [0.25, 0.3) is 21.8 Å². The van der Waals surface area contributed by atoms with Gasteiger partial charge in [-0.25, -0.2) is 12.4 Å². The lowest BCUT2D eigenvalue weighted by atomic mass is 10.1. The average Bonchev–Trinajstić information content (AvgIpc) is 2.92. The van der Waals surface area contributed by atoms with Crippen LogP contribution < -0.4 is 0 Å². The molecule has 0 aliphatic rings. The van der Waals surface area contributed by atoms with E-state index in [1.807, 2.05) is 55.5 Å². The Morgan fingerprint density at radius 2 is 1.39 bits per heavy atom. The van der Waals surface area contributed by atoms with E-state index in [1.54, 1.807) is 24.3 Å². The molecule has 1 aromatic heterocycles. The fraction of sp³-hybridized carbons (Fsp3) is 0.0526. The van der Waals surface area contributed by atoms with Gasteiger partial charge in [-0.05, 0) is 36.8 Å². The molecule has 0 bridgehead atoms. The predicted molar refractivity (Wildman–Crippen MR) is 93.2 cm³/mol. The second-order valence-corrected chi connectivity index (χ2v) is 7.36. The maximum absolute atomic E-state index is 13.2. The Hall–Kier alpha value is -2.59. The molecule has 0 fully saturated rings. The summed E-state index contributed by atoms with van der Waals surface area (Å²) < 4.78 is 27.9. The summed E-state index contributed by atoms with van der Waals surface area (Å²) in [6, 6.07) is 22.0. The van der Waals surface area contributed by atoms with Gasteiger partial charge in [-0.1, -0.05) is 48.5 Å². The van der Waals surface area contributed by atoms with Gasteiger partial charge in [0.2, 0.25) is 0 Å². The number of para-hydroxylation sites is 1. The summed E-state index contributed by atoms with van der Waals surface area (Å²) in [4.78, 5) is 0.296. The Labute approximate surface area is 134 Å². The van der Waals surface area contributed by atoms with Crippen LogP contribution in [0, 0.1) is 6.92 Å². The van der Waals surface area contributed by atoms with Crippen LogP contribution in [0.2, 0.25) is 0 Å². The van der Waals surface area contributed by atoms with E-state index in [9.17, 15) is 8.42 Å². The Bertz CT molecular complexity index is 1130. The summed E-state index contributed by atoms with van der Waals surface area (Å²) in [7, 11) is -3.65. The fourth-order valence-corrected chi connectivity index (χ4v) is 4.66. The van der Waals surface area contributed by atoms with Crippen molar-refractivity contribution < 1.29 is 8.42 Å². The molecule has 0 saturated heterocycles. The molecule has 0 amide bonds. The second kappa shape index (κ2) is 4.96. The molecule has 0 radical (unpaired) electrons. The summed E-state index contributed by atoms with van der Waals surface area (Å²) in [5.41, 5.74) is 2.50. The van der Waals surface area contributed by atoms with Gasteiger partial charge in [-0.2, -0.15) is 0 Å². The zero-order chi connectivity index (χ0) is 16.0. The van der Waals surface area contributed by atoms with Gasteiger partial charge in [0.15, 0.2) is 0 Å². The summed E-state index contributed by atoms with van der Waals surface area (Å²) in [6.07, 6.45) is 0. The molecule has 0 aliphatic heterocycles. The van der Waals surface area contributed by atoms with Gasteiger partial charge in [0.25, 0.3) is 10.0 Å². The molecule has 4 rings (SSSR count). The number of fused-ring (bicyclic) bond motifs is 3. The van der Waals surface area contributed by atoms with E-state index in [0.717, 1.165) is 21.9 Å². The van der Waals surface area contributed by atoms with Crippen molar-refractivity contribution in [3.05, 3.63) is 78.4 Å². The minimum atomic E-state index is -3.65. The van der Waals surface area contributed by atoms with Crippen molar-refractivity contribution in [3.63, 3.8) is 0 Å². The van der Waals surface area contributed by atoms with Crippen LogP contribution >= 0.6 is 0 Å². The molecule has 4 heteroatoms. The highest BCUT2D eigenvalue weighted by Gasteiger charge is 2.23. The first kappa shape index (κ1) is 14.0. The Morgan fingerprint density at radius 3 is 2.17 bits per heavy atom. The first-order chi connectivity index (χ1) is 11.1. The number of nitrogens with zero attached hydrogens (tertiary/aromatic N) is 1. The van der Waals surface area contributed by atoms with Crippen LogP contribution in [0.15, 0.2) is 77.7 Å². The average molecular weight is 321 g/mol. The van der Waals surface area contributed by atoms with Crippen LogP contribution in [0.5, 0.6) is 0 Å². The number of benzene rings is 3. The van der Waals surface area contributed by atoms with Crippen molar-refractivity contribution >= 4 is 31.8 Å². The van der Waals surface area contributed by atoms with E-state index in [0.29, 0.717) is 10.4 Å². The maximum atomic E-state index is 13.2. The summed E-state index contributed by atoms with van der Waals surface area (Å²) in [5.74, 6) is 0. The number of hydrogen-bond acceptors (Lipinski definition) is 2. The van der Waals surface area contributed by atoms with E-state index in [1.165, 1.54) is 3.97 Å². The zero-order valence-electron chi connectivity index (χ0n) is 12.6. The number of rotatable bonds is 2. The van der Waals surface area contributed by atoms with Crippen molar-refractivity contribution in [2.24, 2.45) is 0 Å². The zero-order valence-corrected chi connectivity index (χ0v) is 13.4.